The number of halogens is 1. The van der Waals surface area contributed by atoms with Gasteiger partial charge in [0.05, 0.1) is 18.1 Å². The number of carbonyl (C=O) groups excluding carboxylic acids is 2. The molecule has 1 aliphatic rings. The molecule has 11 heteroatoms. The Labute approximate surface area is 245 Å². The maximum absolute atomic E-state index is 13.6. The summed E-state index contributed by atoms with van der Waals surface area (Å²) in [6, 6.07) is 20.0. The molecular weight excluding hydrogens is 561 g/mol. The average Bonchev–Trinajstić information content (AvgIpc) is 3.02. The summed E-state index contributed by atoms with van der Waals surface area (Å²) in [5, 5.41) is 2.78. The van der Waals surface area contributed by atoms with Gasteiger partial charge in [0.2, 0.25) is 15.9 Å². The molecule has 9 nitrogen and oxygen atoms in total. The molecule has 3 aromatic rings. The van der Waals surface area contributed by atoms with Crippen molar-refractivity contribution in [2.45, 2.75) is 23.9 Å². The summed E-state index contributed by atoms with van der Waals surface area (Å²) >= 11 is 0. The zero-order valence-corrected chi connectivity index (χ0v) is 24.0. The molecule has 0 saturated carbocycles. The van der Waals surface area contributed by atoms with E-state index in [0.29, 0.717) is 24.5 Å². The number of sulfonamides is 1. The lowest BCUT2D eigenvalue weighted by molar-refractivity contribution is -0.142. The smallest absolute Gasteiger partial charge is 0.261 e. The zero-order valence-electron chi connectivity index (χ0n) is 23.2. The third-order valence-corrected chi connectivity index (χ3v) is 8.66. The SMILES string of the molecule is C=CCNC(=O)[C@H](Cc1ccccc1)N(Cc1ccc(F)cc1)C(=O)COc1ccc(S(=O)(=O)N2CCOCC2)cc1. The molecule has 1 fully saturated rings. The number of amides is 2. The van der Waals surface area contributed by atoms with Crippen LogP contribution in [-0.2, 0) is 37.3 Å². The van der Waals surface area contributed by atoms with Crippen molar-refractivity contribution in [3.8, 4) is 5.75 Å². The highest BCUT2D eigenvalue weighted by Gasteiger charge is 2.31. The fourth-order valence-corrected chi connectivity index (χ4v) is 5.91. The fraction of sp³-hybridized carbons (Fsp3) is 0.290. The predicted molar refractivity (Wildman–Crippen MR) is 156 cm³/mol. The van der Waals surface area contributed by atoms with E-state index in [2.05, 4.69) is 11.9 Å². The number of nitrogens with one attached hydrogen (secondary N) is 1. The third kappa shape index (κ3) is 8.25. The van der Waals surface area contributed by atoms with Crippen LogP contribution in [0.15, 0.2) is 96.4 Å². The summed E-state index contributed by atoms with van der Waals surface area (Å²) in [5.41, 5.74) is 1.49. The van der Waals surface area contributed by atoms with Gasteiger partial charge >= 0.3 is 0 Å². The van der Waals surface area contributed by atoms with Crippen LogP contribution in [0.3, 0.4) is 0 Å². The lowest BCUT2D eigenvalue weighted by atomic mass is 10.0. The molecule has 1 heterocycles. The Kier molecular flexibility index (Phi) is 10.8. The first-order valence-electron chi connectivity index (χ1n) is 13.5. The molecule has 1 saturated heterocycles. The Morgan fingerprint density at radius 2 is 1.67 bits per heavy atom. The van der Waals surface area contributed by atoms with E-state index in [1.807, 2.05) is 30.3 Å². The van der Waals surface area contributed by atoms with Crippen molar-refractivity contribution in [1.82, 2.24) is 14.5 Å². The maximum atomic E-state index is 13.6. The summed E-state index contributed by atoms with van der Waals surface area (Å²) < 4.78 is 51.8. The first kappa shape index (κ1) is 30.9. The van der Waals surface area contributed by atoms with Crippen molar-refractivity contribution in [2.75, 3.05) is 39.5 Å². The average molecular weight is 596 g/mol. The van der Waals surface area contributed by atoms with E-state index in [4.69, 9.17) is 9.47 Å². The number of rotatable bonds is 13. The topological polar surface area (TPSA) is 105 Å². The van der Waals surface area contributed by atoms with E-state index < -0.39 is 34.4 Å². The normalized spacial score (nSPS) is 14.5. The highest BCUT2D eigenvalue weighted by atomic mass is 32.2. The minimum absolute atomic E-state index is 0.0399. The quantitative estimate of drug-likeness (QED) is 0.305. The molecule has 4 rings (SSSR count). The first-order chi connectivity index (χ1) is 20.3. The molecule has 0 unspecified atom stereocenters. The van der Waals surface area contributed by atoms with E-state index in [0.717, 1.165) is 5.56 Å². The van der Waals surface area contributed by atoms with Crippen LogP contribution in [0, 0.1) is 5.82 Å². The van der Waals surface area contributed by atoms with Gasteiger partial charge < -0.3 is 19.7 Å². The molecule has 1 aliphatic heterocycles. The van der Waals surface area contributed by atoms with Crippen LogP contribution in [0.5, 0.6) is 5.75 Å². The number of morpholine rings is 1. The fourth-order valence-electron chi connectivity index (χ4n) is 4.50. The second-order valence-corrected chi connectivity index (χ2v) is 11.6. The van der Waals surface area contributed by atoms with Crippen LogP contribution < -0.4 is 10.1 Å². The Morgan fingerprint density at radius 3 is 2.31 bits per heavy atom. The highest BCUT2D eigenvalue weighted by Crippen LogP contribution is 2.21. The number of hydrogen-bond acceptors (Lipinski definition) is 6. The molecular formula is C31H34FN3O6S. The second kappa shape index (κ2) is 14.7. The number of nitrogens with zero attached hydrogens (tertiary/aromatic N) is 2. The van der Waals surface area contributed by atoms with Crippen LogP contribution in [0.1, 0.15) is 11.1 Å². The summed E-state index contributed by atoms with van der Waals surface area (Å²) in [6.07, 6.45) is 1.79. The Bertz CT molecular complexity index is 1440. The molecule has 1 N–H and O–H groups in total. The van der Waals surface area contributed by atoms with Crippen LogP contribution in [0.2, 0.25) is 0 Å². The number of ether oxygens (including phenoxy) is 2. The number of hydrogen-bond donors (Lipinski definition) is 1. The number of benzene rings is 3. The minimum Gasteiger partial charge on any atom is -0.484 e. The number of carbonyl (C=O) groups is 2. The van der Waals surface area contributed by atoms with Gasteiger partial charge in [-0.2, -0.15) is 4.31 Å². The molecule has 222 valence electrons. The standard InChI is InChI=1S/C31H34FN3O6S/c1-2-16-33-31(37)29(21-24-6-4-3-5-7-24)35(22-25-8-10-26(32)11-9-25)30(36)23-41-27-12-14-28(15-13-27)42(38,39)34-17-19-40-20-18-34/h2-15,29H,1,16-23H2,(H,33,37)/t29-/m0/s1. The van der Waals surface area contributed by atoms with Gasteiger partial charge in [-0.15, -0.1) is 6.58 Å². The predicted octanol–water partition coefficient (Wildman–Crippen LogP) is 3.17. The first-order valence-corrected chi connectivity index (χ1v) is 15.0. The molecule has 0 aliphatic carbocycles. The Balaban J connectivity index is 1.53. The van der Waals surface area contributed by atoms with Crippen molar-refractivity contribution < 1.29 is 31.9 Å². The van der Waals surface area contributed by atoms with Gasteiger partial charge in [0.25, 0.3) is 5.91 Å². The van der Waals surface area contributed by atoms with Crippen molar-refractivity contribution in [3.63, 3.8) is 0 Å². The van der Waals surface area contributed by atoms with Crippen molar-refractivity contribution in [1.29, 1.82) is 0 Å². The lowest BCUT2D eigenvalue weighted by Gasteiger charge is -2.31. The van der Waals surface area contributed by atoms with Gasteiger partial charge in [-0.1, -0.05) is 48.5 Å². The van der Waals surface area contributed by atoms with E-state index in [1.165, 1.54) is 45.6 Å². The van der Waals surface area contributed by atoms with Crippen LogP contribution in [0.25, 0.3) is 0 Å². The maximum Gasteiger partial charge on any atom is 0.261 e. The summed E-state index contributed by atoms with van der Waals surface area (Å²) in [7, 11) is -3.67. The van der Waals surface area contributed by atoms with Gasteiger partial charge in [-0.05, 0) is 47.5 Å². The van der Waals surface area contributed by atoms with Gasteiger partial charge in [0, 0.05) is 32.6 Å². The monoisotopic (exact) mass is 595 g/mol. The minimum atomic E-state index is -3.67. The van der Waals surface area contributed by atoms with E-state index in [9.17, 15) is 22.4 Å². The molecule has 0 radical (unpaired) electrons. The highest BCUT2D eigenvalue weighted by molar-refractivity contribution is 7.89. The molecule has 3 aromatic carbocycles. The molecule has 42 heavy (non-hydrogen) atoms. The summed E-state index contributed by atoms with van der Waals surface area (Å²) in [4.78, 5) is 28.5. The Hall–Kier alpha value is -4.06. The van der Waals surface area contributed by atoms with Crippen molar-refractivity contribution >= 4 is 21.8 Å². The molecule has 1 atom stereocenters. The molecule has 0 aromatic heterocycles. The zero-order chi connectivity index (χ0) is 30.0. The molecule has 0 spiro atoms. The van der Waals surface area contributed by atoms with E-state index in [1.54, 1.807) is 18.2 Å². The summed E-state index contributed by atoms with van der Waals surface area (Å²) in [6.45, 7) is 4.75. The second-order valence-electron chi connectivity index (χ2n) is 9.66. The van der Waals surface area contributed by atoms with Crippen molar-refractivity contribution in [3.05, 3.63) is 108 Å². The largest absolute Gasteiger partial charge is 0.484 e. The van der Waals surface area contributed by atoms with Crippen LogP contribution in [0.4, 0.5) is 4.39 Å². The lowest BCUT2D eigenvalue weighted by Crippen LogP contribution is -2.51. The van der Waals surface area contributed by atoms with Crippen LogP contribution in [-0.4, -0.2) is 74.9 Å². The van der Waals surface area contributed by atoms with Crippen LogP contribution >= 0.6 is 0 Å². The Morgan fingerprint density at radius 1 is 1.00 bits per heavy atom. The van der Waals surface area contributed by atoms with Gasteiger partial charge in [-0.25, -0.2) is 12.8 Å². The van der Waals surface area contributed by atoms with Gasteiger partial charge in [0.15, 0.2) is 6.61 Å². The van der Waals surface area contributed by atoms with E-state index in [-0.39, 0.29) is 43.4 Å². The third-order valence-electron chi connectivity index (χ3n) is 6.75. The van der Waals surface area contributed by atoms with E-state index >= 15 is 0 Å². The summed E-state index contributed by atoms with van der Waals surface area (Å²) in [5.74, 6) is -0.962. The van der Waals surface area contributed by atoms with Crippen molar-refractivity contribution in [2.24, 2.45) is 0 Å². The van der Waals surface area contributed by atoms with Gasteiger partial charge in [0.1, 0.15) is 17.6 Å². The molecule has 2 amide bonds. The molecule has 0 bridgehead atoms. The van der Waals surface area contributed by atoms with Gasteiger partial charge in [-0.3, -0.25) is 9.59 Å².